The van der Waals surface area contributed by atoms with E-state index in [-0.39, 0.29) is 11.3 Å². The zero-order chi connectivity index (χ0) is 14.7. The fourth-order valence-corrected chi connectivity index (χ4v) is 2.10. The maximum atomic E-state index is 10.7. The number of nitro groups is 1. The third kappa shape index (κ3) is 3.07. The first-order valence-electron chi connectivity index (χ1n) is 5.42. The highest BCUT2D eigenvalue weighted by Crippen LogP contribution is 2.29. The molecule has 0 spiro atoms. The minimum absolute atomic E-state index is 0.00743. The van der Waals surface area contributed by atoms with E-state index in [1.807, 2.05) is 6.07 Å². The molecule has 7 heteroatoms. The number of anilines is 2. The van der Waals surface area contributed by atoms with Crippen LogP contribution in [-0.4, -0.2) is 4.92 Å². The Balaban J connectivity index is 2.32. The van der Waals surface area contributed by atoms with Gasteiger partial charge in [0.15, 0.2) is 0 Å². The SMILES string of the molecule is N#Cc1cc(Nc2ccc(Cl)c(Br)c2)ccc1[N+](=O)[O-]. The molecule has 1 N–H and O–H groups in total. The van der Waals surface area contributed by atoms with Crippen LogP contribution in [0.5, 0.6) is 0 Å². The Hall–Kier alpha value is -2.10. The molecular weight excluding hydrogens is 346 g/mol. The lowest BCUT2D eigenvalue weighted by Gasteiger charge is -2.08. The van der Waals surface area contributed by atoms with E-state index in [0.29, 0.717) is 10.7 Å². The topological polar surface area (TPSA) is 79.0 Å². The van der Waals surface area contributed by atoms with Crippen molar-refractivity contribution in [1.82, 2.24) is 0 Å². The number of rotatable bonds is 3. The van der Waals surface area contributed by atoms with Gasteiger partial charge in [-0.1, -0.05) is 11.6 Å². The first kappa shape index (κ1) is 14.3. The molecule has 0 saturated carbocycles. The number of hydrogen-bond donors (Lipinski definition) is 1. The number of halogens is 2. The number of nitrogens with zero attached hydrogens (tertiary/aromatic N) is 2. The zero-order valence-corrected chi connectivity index (χ0v) is 12.3. The molecule has 0 aliphatic carbocycles. The van der Waals surface area contributed by atoms with E-state index in [1.165, 1.54) is 12.1 Å². The van der Waals surface area contributed by atoms with Gasteiger partial charge in [-0.05, 0) is 46.3 Å². The lowest BCUT2D eigenvalue weighted by atomic mass is 10.1. The van der Waals surface area contributed by atoms with Crippen LogP contribution >= 0.6 is 27.5 Å². The molecule has 2 aromatic carbocycles. The molecule has 0 saturated heterocycles. The van der Waals surface area contributed by atoms with Crippen LogP contribution in [0.15, 0.2) is 40.9 Å². The Labute approximate surface area is 128 Å². The predicted octanol–water partition coefficient (Wildman–Crippen LogP) is 4.63. The fourth-order valence-electron chi connectivity index (χ4n) is 1.60. The third-order valence-corrected chi connectivity index (χ3v) is 3.74. The summed E-state index contributed by atoms with van der Waals surface area (Å²) in [5.74, 6) is 0. The van der Waals surface area contributed by atoms with Gasteiger partial charge >= 0.3 is 0 Å². The molecule has 100 valence electrons. The molecule has 2 aromatic rings. The number of hydrogen-bond acceptors (Lipinski definition) is 4. The van der Waals surface area contributed by atoms with Crippen molar-refractivity contribution in [1.29, 1.82) is 5.26 Å². The first-order valence-corrected chi connectivity index (χ1v) is 6.59. The maximum absolute atomic E-state index is 10.7. The van der Waals surface area contributed by atoms with Crippen molar-refractivity contribution in [2.45, 2.75) is 0 Å². The molecule has 0 aliphatic rings. The van der Waals surface area contributed by atoms with Crippen molar-refractivity contribution >= 4 is 44.6 Å². The number of nitro benzene ring substituents is 1. The molecule has 0 atom stereocenters. The monoisotopic (exact) mass is 351 g/mol. The summed E-state index contributed by atoms with van der Waals surface area (Å²) < 4.78 is 0.728. The second-order valence-electron chi connectivity index (χ2n) is 3.85. The fraction of sp³-hybridized carbons (Fsp3) is 0. The molecule has 0 aromatic heterocycles. The molecule has 0 radical (unpaired) electrons. The minimum Gasteiger partial charge on any atom is -0.355 e. The van der Waals surface area contributed by atoms with Gasteiger partial charge in [0.25, 0.3) is 5.69 Å². The second kappa shape index (κ2) is 5.90. The molecule has 0 heterocycles. The smallest absolute Gasteiger partial charge is 0.287 e. The van der Waals surface area contributed by atoms with Crippen molar-refractivity contribution in [3.05, 3.63) is 61.6 Å². The Morgan fingerprint density at radius 2 is 1.90 bits per heavy atom. The number of benzene rings is 2. The van der Waals surface area contributed by atoms with Gasteiger partial charge in [0, 0.05) is 21.9 Å². The molecule has 2 rings (SSSR count). The van der Waals surface area contributed by atoms with Crippen molar-refractivity contribution in [2.24, 2.45) is 0 Å². The average molecular weight is 353 g/mol. The van der Waals surface area contributed by atoms with Gasteiger partial charge in [-0.3, -0.25) is 10.1 Å². The van der Waals surface area contributed by atoms with Gasteiger partial charge in [-0.25, -0.2) is 0 Å². The van der Waals surface area contributed by atoms with Crippen molar-refractivity contribution < 1.29 is 4.92 Å². The Bertz CT molecular complexity index is 728. The van der Waals surface area contributed by atoms with Crippen molar-refractivity contribution in [2.75, 3.05) is 5.32 Å². The van der Waals surface area contributed by atoms with Crippen LogP contribution in [0, 0.1) is 21.4 Å². The van der Waals surface area contributed by atoms with E-state index in [4.69, 9.17) is 16.9 Å². The van der Waals surface area contributed by atoms with Crippen LogP contribution in [0.3, 0.4) is 0 Å². The number of nitriles is 1. The summed E-state index contributed by atoms with van der Waals surface area (Å²) in [7, 11) is 0. The van der Waals surface area contributed by atoms with Gasteiger partial charge in [0.05, 0.1) is 9.95 Å². The van der Waals surface area contributed by atoms with Crippen LogP contribution in [-0.2, 0) is 0 Å². The lowest BCUT2D eigenvalue weighted by molar-refractivity contribution is -0.385. The van der Waals surface area contributed by atoms with Gasteiger partial charge < -0.3 is 5.32 Å². The largest absolute Gasteiger partial charge is 0.355 e. The quantitative estimate of drug-likeness (QED) is 0.645. The molecule has 0 aliphatic heterocycles. The molecule has 0 fully saturated rings. The van der Waals surface area contributed by atoms with Crippen LogP contribution in [0.25, 0.3) is 0 Å². The van der Waals surface area contributed by atoms with Crippen LogP contribution < -0.4 is 5.32 Å². The van der Waals surface area contributed by atoms with E-state index < -0.39 is 4.92 Å². The van der Waals surface area contributed by atoms with E-state index in [0.717, 1.165) is 10.2 Å². The summed E-state index contributed by atoms with van der Waals surface area (Å²) in [4.78, 5) is 10.2. The highest BCUT2D eigenvalue weighted by Gasteiger charge is 2.13. The highest BCUT2D eigenvalue weighted by molar-refractivity contribution is 9.10. The van der Waals surface area contributed by atoms with Crippen molar-refractivity contribution in [3.63, 3.8) is 0 Å². The van der Waals surface area contributed by atoms with Crippen LogP contribution in [0.4, 0.5) is 17.1 Å². The predicted molar refractivity (Wildman–Crippen MR) is 80.2 cm³/mol. The van der Waals surface area contributed by atoms with Gasteiger partial charge in [-0.15, -0.1) is 0 Å². The van der Waals surface area contributed by atoms with Crippen LogP contribution in [0.1, 0.15) is 5.56 Å². The summed E-state index contributed by atoms with van der Waals surface area (Å²) in [6.45, 7) is 0. The number of nitrogens with one attached hydrogen (secondary N) is 1. The molecule has 5 nitrogen and oxygen atoms in total. The zero-order valence-electron chi connectivity index (χ0n) is 9.93. The Morgan fingerprint density at radius 1 is 1.25 bits per heavy atom. The molecule has 0 amide bonds. The molecular formula is C13H7BrClN3O2. The summed E-state index contributed by atoms with van der Waals surface area (Å²) in [5, 5.41) is 23.3. The summed E-state index contributed by atoms with van der Waals surface area (Å²) in [6, 6.07) is 11.3. The maximum Gasteiger partial charge on any atom is 0.287 e. The minimum atomic E-state index is -0.582. The Morgan fingerprint density at radius 3 is 2.50 bits per heavy atom. The van der Waals surface area contributed by atoms with Crippen molar-refractivity contribution in [3.8, 4) is 6.07 Å². The summed E-state index contributed by atoms with van der Waals surface area (Å²) in [5.41, 5.74) is 1.13. The Kier molecular flexibility index (Phi) is 4.23. The first-order chi connectivity index (χ1) is 9.51. The summed E-state index contributed by atoms with van der Waals surface area (Å²) in [6.07, 6.45) is 0. The van der Waals surface area contributed by atoms with E-state index in [9.17, 15) is 10.1 Å². The lowest BCUT2D eigenvalue weighted by Crippen LogP contribution is -1.95. The molecule has 20 heavy (non-hydrogen) atoms. The van der Waals surface area contributed by atoms with Gasteiger partial charge in [0.1, 0.15) is 11.6 Å². The summed E-state index contributed by atoms with van der Waals surface area (Å²) >= 11 is 9.20. The van der Waals surface area contributed by atoms with Crippen LogP contribution in [0.2, 0.25) is 5.02 Å². The second-order valence-corrected chi connectivity index (χ2v) is 5.12. The normalized spacial score (nSPS) is 9.85. The third-order valence-electron chi connectivity index (χ3n) is 2.52. The average Bonchev–Trinajstić information content (AvgIpc) is 2.42. The van der Waals surface area contributed by atoms with E-state index in [2.05, 4.69) is 21.2 Å². The van der Waals surface area contributed by atoms with Gasteiger partial charge in [-0.2, -0.15) is 5.26 Å². The molecule has 0 bridgehead atoms. The standard InChI is InChI=1S/C13H7BrClN3O2/c14-11-6-10(1-3-12(11)15)17-9-2-4-13(18(19)20)8(5-9)7-16/h1-6,17H. The molecule has 0 unspecified atom stereocenters. The van der Waals surface area contributed by atoms with Gasteiger partial charge in [0.2, 0.25) is 0 Å². The highest BCUT2D eigenvalue weighted by atomic mass is 79.9. The van der Waals surface area contributed by atoms with E-state index >= 15 is 0 Å². The van der Waals surface area contributed by atoms with E-state index in [1.54, 1.807) is 24.3 Å².